The second-order valence-electron chi connectivity index (χ2n) is 4.12. The number of esters is 1. The molecule has 1 heterocycles. The Morgan fingerprint density at radius 3 is 2.90 bits per heavy atom. The first-order valence-corrected chi connectivity index (χ1v) is 6.29. The van der Waals surface area contributed by atoms with E-state index in [0.29, 0.717) is 18.7 Å². The second kappa shape index (κ2) is 6.54. The molecule has 20 heavy (non-hydrogen) atoms. The number of hydrogen-bond donors (Lipinski definition) is 1. The number of hydrogen-bond acceptors (Lipinski definition) is 4. The molecule has 1 aromatic carbocycles. The lowest BCUT2D eigenvalue weighted by Crippen LogP contribution is -2.14. The van der Waals surface area contributed by atoms with Gasteiger partial charge in [-0.2, -0.15) is 0 Å². The van der Waals surface area contributed by atoms with Crippen molar-refractivity contribution in [3.63, 3.8) is 0 Å². The summed E-state index contributed by atoms with van der Waals surface area (Å²) in [6.07, 6.45) is 1.43. The highest BCUT2D eigenvalue weighted by Crippen LogP contribution is 2.16. The van der Waals surface area contributed by atoms with Gasteiger partial charge in [-0.05, 0) is 23.8 Å². The lowest BCUT2D eigenvalue weighted by Gasteiger charge is -2.05. The molecule has 0 aliphatic rings. The fourth-order valence-electron chi connectivity index (χ4n) is 1.74. The first-order chi connectivity index (χ1) is 9.61. The van der Waals surface area contributed by atoms with Crippen LogP contribution in [0.4, 0.5) is 4.39 Å². The van der Waals surface area contributed by atoms with Crippen LogP contribution >= 0.6 is 11.6 Å². The van der Waals surface area contributed by atoms with Gasteiger partial charge in [-0.25, -0.2) is 9.18 Å². The number of carbonyl (C=O) groups excluding carboxylic acids is 1. The summed E-state index contributed by atoms with van der Waals surface area (Å²) in [6.45, 7) is 0.918. The predicted octanol–water partition coefficient (Wildman–Crippen LogP) is 3.15. The van der Waals surface area contributed by atoms with Crippen LogP contribution in [0.1, 0.15) is 21.7 Å². The minimum atomic E-state index is -0.517. The van der Waals surface area contributed by atoms with E-state index in [0.717, 1.165) is 5.56 Å². The molecule has 0 saturated heterocycles. The van der Waals surface area contributed by atoms with Crippen LogP contribution < -0.4 is 5.32 Å². The van der Waals surface area contributed by atoms with E-state index in [2.05, 4.69) is 10.1 Å². The molecule has 0 spiro atoms. The van der Waals surface area contributed by atoms with Gasteiger partial charge in [-0.3, -0.25) is 0 Å². The van der Waals surface area contributed by atoms with Crippen LogP contribution in [0.2, 0.25) is 5.02 Å². The van der Waals surface area contributed by atoms with E-state index >= 15 is 0 Å². The first kappa shape index (κ1) is 14.6. The van der Waals surface area contributed by atoms with Crippen molar-refractivity contribution >= 4 is 17.6 Å². The Hall–Kier alpha value is -1.85. The highest BCUT2D eigenvalue weighted by molar-refractivity contribution is 6.30. The molecule has 0 aliphatic heterocycles. The van der Waals surface area contributed by atoms with Gasteiger partial charge in [0.25, 0.3) is 0 Å². The van der Waals surface area contributed by atoms with E-state index in [1.54, 1.807) is 18.2 Å². The van der Waals surface area contributed by atoms with Gasteiger partial charge < -0.3 is 14.5 Å². The quantitative estimate of drug-likeness (QED) is 0.861. The molecular weight excluding hydrogens is 285 g/mol. The van der Waals surface area contributed by atoms with Crippen LogP contribution in [0, 0.1) is 5.82 Å². The number of ether oxygens (including phenoxy) is 1. The summed E-state index contributed by atoms with van der Waals surface area (Å²) in [5, 5.41) is 3.21. The molecule has 0 amide bonds. The van der Waals surface area contributed by atoms with Crippen LogP contribution in [0.25, 0.3) is 0 Å². The Labute approximate surface area is 120 Å². The van der Waals surface area contributed by atoms with Crippen molar-refractivity contribution in [2.45, 2.75) is 13.1 Å². The lowest BCUT2D eigenvalue weighted by molar-refractivity contribution is 0.0563. The monoisotopic (exact) mass is 297 g/mol. The van der Waals surface area contributed by atoms with Gasteiger partial charge in [-0.15, -0.1) is 0 Å². The average Bonchev–Trinajstić information content (AvgIpc) is 2.90. The molecule has 106 valence electrons. The standard InChI is InChI=1S/C14H13ClFNO3/c1-19-14(18)13-10(4-5-20-13)8-17-7-9-2-3-12(16)11(15)6-9/h2-6,17H,7-8H2,1H3. The zero-order valence-electron chi connectivity index (χ0n) is 10.8. The molecule has 4 nitrogen and oxygen atoms in total. The third-order valence-electron chi connectivity index (χ3n) is 2.75. The number of carbonyl (C=O) groups is 1. The van der Waals surface area contributed by atoms with E-state index in [-0.39, 0.29) is 10.8 Å². The van der Waals surface area contributed by atoms with E-state index in [4.69, 9.17) is 16.0 Å². The van der Waals surface area contributed by atoms with Crippen molar-refractivity contribution in [1.82, 2.24) is 5.32 Å². The molecule has 0 bridgehead atoms. The van der Waals surface area contributed by atoms with Crippen molar-refractivity contribution in [2.24, 2.45) is 0 Å². The maximum atomic E-state index is 13.0. The van der Waals surface area contributed by atoms with Crippen molar-refractivity contribution in [3.8, 4) is 0 Å². The number of furan rings is 1. The largest absolute Gasteiger partial charge is 0.463 e. The average molecular weight is 298 g/mol. The van der Waals surface area contributed by atoms with Gasteiger partial charge in [0.05, 0.1) is 18.4 Å². The molecule has 2 aromatic rings. The summed E-state index contributed by atoms with van der Waals surface area (Å²) in [4.78, 5) is 11.4. The molecule has 2 rings (SSSR count). The number of nitrogens with one attached hydrogen (secondary N) is 1. The van der Waals surface area contributed by atoms with Gasteiger partial charge in [-0.1, -0.05) is 17.7 Å². The number of methoxy groups -OCH3 is 1. The first-order valence-electron chi connectivity index (χ1n) is 5.91. The van der Waals surface area contributed by atoms with E-state index in [9.17, 15) is 9.18 Å². The number of benzene rings is 1. The number of rotatable bonds is 5. The minimum absolute atomic E-state index is 0.0860. The molecular formula is C14H13ClFNO3. The van der Waals surface area contributed by atoms with E-state index in [1.807, 2.05) is 0 Å². The van der Waals surface area contributed by atoms with Gasteiger partial charge >= 0.3 is 5.97 Å². The second-order valence-corrected chi connectivity index (χ2v) is 4.53. The highest BCUT2D eigenvalue weighted by atomic mass is 35.5. The highest BCUT2D eigenvalue weighted by Gasteiger charge is 2.15. The Morgan fingerprint density at radius 2 is 2.20 bits per heavy atom. The summed E-state index contributed by atoms with van der Waals surface area (Å²) in [6, 6.07) is 6.21. The Balaban J connectivity index is 1.94. The van der Waals surface area contributed by atoms with Crippen LogP contribution in [0.5, 0.6) is 0 Å². The third kappa shape index (κ3) is 3.37. The van der Waals surface area contributed by atoms with E-state index in [1.165, 1.54) is 19.4 Å². The summed E-state index contributed by atoms with van der Waals surface area (Å²) >= 11 is 5.70. The van der Waals surface area contributed by atoms with Crippen molar-refractivity contribution in [2.75, 3.05) is 7.11 Å². The maximum Gasteiger partial charge on any atom is 0.374 e. The molecule has 0 unspecified atom stereocenters. The lowest BCUT2D eigenvalue weighted by atomic mass is 10.2. The number of halogens is 2. The molecule has 0 aliphatic carbocycles. The molecule has 1 aromatic heterocycles. The maximum absolute atomic E-state index is 13.0. The van der Waals surface area contributed by atoms with E-state index < -0.39 is 11.8 Å². The summed E-state index contributed by atoms with van der Waals surface area (Å²) in [5.74, 6) is -0.785. The summed E-state index contributed by atoms with van der Waals surface area (Å²) in [5.41, 5.74) is 1.55. The van der Waals surface area contributed by atoms with Crippen LogP contribution in [0.15, 0.2) is 34.9 Å². The van der Waals surface area contributed by atoms with Crippen LogP contribution in [-0.2, 0) is 17.8 Å². The van der Waals surface area contributed by atoms with Crippen molar-refractivity contribution in [1.29, 1.82) is 0 Å². The SMILES string of the molecule is COC(=O)c1occc1CNCc1ccc(F)c(Cl)c1. The van der Waals surface area contributed by atoms with Gasteiger partial charge in [0.2, 0.25) is 5.76 Å². The topological polar surface area (TPSA) is 51.5 Å². The minimum Gasteiger partial charge on any atom is -0.463 e. The zero-order valence-corrected chi connectivity index (χ0v) is 11.5. The molecule has 1 N–H and O–H groups in total. The normalized spacial score (nSPS) is 10.6. The third-order valence-corrected chi connectivity index (χ3v) is 3.04. The Morgan fingerprint density at radius 1 is 1.40 bits per heavy atom. The van der Waals surface area contributed by atoms with Gasteiger partial charge in [0.1, 0.15) is 5.82 Å². The predicted molar refractivity (Wildman–Crippen MR) is 72.0 cm³/mol. The smallest absolute Gasteiger partial charge is 0.374 e. The molecule has 6 heteroatoms. The fourth-order valence-corrected chi connectivity index (χ4v) is 1.94. The Kier molecular flexibility index (Phi) is 4.76. The zero-order chi connectivity index (χ0) is 14.5. The van der Waals surface area contributed by atoms with Crippen molar-refractivity contribution in [3.05, 3.63) is 58.3 Å². The van der Waals surface area contributed by atoms with Gasteiger partial charge in [0.15, 0.2) is 0 Å². The fraction of sp³-hybridized carbons (Fsp3) is 0.214. The van der Waals surface area contributed by atoms with Crippen LogP contribution in [0.3, 0.4) is 0 Å². The molecule has 0 atom stereocenters. The van der Waals surface area contributed by atoms with Crippen molar-refractivity contribution < 1.29 is 18.3 Å². The van der Waals surface area contributed by atoms with Gasteiger partial charge in [0, 0.05) is 18.7 Å². The van der Waals surface area contributed by atoms with Crippen LogP contribution in [-0.4, -0.2) is 13.1 Å². The molecule has 0 radical (unpaired) electrons. The summed E-state index contributed by atoms with van der Waals surface area (Å²) < 4.78 is 22.7. The molecule has 0 saturated carbocycles. The molecule has 0 fully saturated rings. The Bertz CT molecular complexity index is 612. The summed E-state index contributed by atoms with van der Waals surface area (Å²) in [7, 11) is 1.29.